The zero-order valence-corrected chi connectivity index (χ0v) is 16.1. The van der Waals surface area contributed by atoms with Gasteiger partial charge in [0.1, 0.15) is 0 Å². The maximum Gasteiger partial charge on any atom is 0.264 e. The summed E-state index contributed by atoms with van der Waals surface area (Å²) in [5.74, 6) is -0.247. The molecule has 0 aliphatic carbocycles. The number of sulfonamides is 1. The van der Waals surface area contributed by atoms with Gasteiger partial charge in [-0.1, -0.05) is 30.3 Å². The summed E-state index contributed by atoms with van der Waals surface area (Å²) in [4.78, 5) is 26.6. The minimum absolute atomic E-state index is 0.0331. The number of hydrogen-bond donors (Lipinski definition) is 0. The lowest BCUT2D eigenvalue weighted by Gasteiger charge is -2.33. The van der Waals surface area contributed by atoms with E-state index in [-0.39, 0.29) is 30.5 Å². The number of rotatable bonds is 5. The van der Waals surface area contributed by atoms with Gasteiger partial charge < -0.3 is 4.90 Å². The first-order valence-corrected chi connectivity index (χ1v) is 10.7. The molecule has 1 saturated heterocycles. The van der Waals surface area contributed by atoms with E-state index in [1.54, 1.807) is 29.2 Å². The van der Waals surface area contributed by atoms with Crippen LogP contribution >= 0.6 is 11.3 Å². The number of ketones is 1. The number of thiophene rings is 1. The van der Waals surface area contributed by atoms with Crippen LogP contribution in [0.15, 0.2) is 42.5 Å². The molecular formula is C18H20N2O4S2. The zero-order valence-electron chi connectivity index (χ0n) is 14.4. The van der Waals surface area contributed by atoms with Gasteiger partial charge in [0.25, 0.3) is 5.91 Å². The predicted molar refractivity (Wildman–Crippen MR) is 101 cm³/mol. The molecule has 8 heteroatoms. The fraction of sp³-hybridized carbons (Fsp3) is 0.333. The van der Waals surface area contributed by atoms with Gasteiger partial charge in [-0.05, 0) is 24.6 Å². The van der Waals surface area contributed by atoms with Crippen molar-refractivity contribution >= 4 is 33.1 Å². The van der Waals surface area contributed by atoms with E-state index in [2.05, 4.69) is 0 Å². The standard InChI is InChI=1S/C18H20N2O4S2/c1-14(21)16-7-8-17(25-16)18(22)19-9-11-20(12-10-19)26(23,24)13-15-5-3-2-4-6-15/h2-8H,9-13H2,1H3. The Labute approximate surface area is 157 Å². The molecule has 0 unspecified atom stereocenters. The lowest BCUT2D eigenvalue weighted by atomic mass is 10.2. The summed E-state index contributed by atoms with van der Waals surface area (Å²) < 4.78 is 26.6. The third kappa shape index (κ3) is 4.20. The van der Waals surface area contributed by atoms with Gasteiger partial charge in [-0.15, -0.1) is 11.3 Å². The van der Waals surface area contributed by atoms with E-state index in [0.29, 0.717) is 22.8 Å². The van der Waals surface area contributed by atoms with E-state index < -0.39 is 10.0 Å². The second-order valence-corrected chi connectivity index (χ2v) is 9.21. The van der Waals surface area contributed by atoms with Crippen LogP contribution in [0.1, 0.15) is 31.8 Å². The van der Waals surface area contributed by atoms with Crippen molar-refractivity contribution in [3.8, 4) is 0 Å². The largest absolute Gasteiger partial charge is 0.335 e. The highest BCUT2D eigenvalue weighted by Crippen LogP contribution is 2.20. The summed E-state index contributed by atoms with van der Waals surface area (Å²) in [5.41, 5.74) is 0.751. The molecule has 0 atom stereocenters. The van der Waals surface area contributed by atoms with Crippen LogP contribution in [0, 0.1) is 0 Å². The topological polar surface area (TPSA) is 74.8 Å². The molecule has 6 nitrogen and oxygen atoms in total. The second kappa shape index (κ2) is 7.69. The van der Waals surface area contributed by atoms with E-state index in [4.69, 9.17) is 0 Å². The van der Waals surface area contributed by atoms with Crippen molar-refractivity contribution in [1.82, 2.24) is 9.21 Å². The van der Waals surface area contributed by atoms with Crippen molar-refractivity contribution in [3.63, 3.8) is 0 Å². The highest BCUT2D eigenvalue weighted by molar-refractivity contribution is 7.88. The van der Waals surface area contributed by atoms with Crippen molar-refractivity contribution in [2.24, 2.45) is 0 Å². The smallest absolute Gasteiger partial charge is 0.264 e. The van der Waals surface area contributed by atoms with Crippen molar-refractivity contribution in [2.45, 2.75) is 12.7 Å². The molecule has 0 saturated carbocycles. The predicted octanol–water partition coefficient (Wildman–Crippen LogP) is 2.24. The Bertz CT molecular complexity index is 898. The molecule has 1 amide bonds. The molecule has 138 valence electrons. The highest BCUT2D eigenvalue weighted by Gasteiger charge is 2.29. The van der Waals surface area contributed by atoms with Gasteiger partial charge in [0.05, 0.1) is 15.5 Å². The molecule has 26 heavy (non-hydrogen) atoms. The Balaban J connectivity index is 1.61. The van der Waals surface area contributed by atoms with Crippen molar-refractivity contribution in [1.29, 1.82) is 0 Å². The van der Waals surface area contributed by atoms with Gasteiger partial charge in [0.15, 0.2) is 5.78 Å². The number of carbonyl (C=O) groups excluding carboxylic acids is 2. The molecule has 2 aromatic rings. The van der Waals surface area contributed by atoms with Gasteiger partial charge >= 0.3 is 0 Å². The number of carbonyl (C=O) groups is 2. The number of Topliss-reactive ketones (excluding diaryl/α,β-unsaturated/α-hetero) is 1. The van der Waals surface area contributed by atoms with Gasteiger partial charge in [0.2, 0.25) is 10.0 Å². The molecule has 1 aromatic carbocycles. The lowest BCUT2D eigenvalue weighted by Crippen LogP contribution is -2.50. The molecule has 0 radical (unpaired) electrons. The first-order chi connectivity index (χ1) is 12.4. The molecule has 0 bridgehead atoms. The Morgan fingerprint density at radius 3 is 2.15 bits per heavy atom. The van der Waals surface area contributed by atoms with Gasteiger partial charge in [-0.25, -0.2) is 8.42 Å². The summed E-state index contributed by atoms with van der Waals surface area (Å²) in [6, 6.07) is 12.4. The van der Waals surface area contributed by atoms with Crippen LogP contribution in [-0.4, -0.2) is 55.5 Å². The molecule has 2 heterocycles. The van der Waals surface area contributed by atoms with Crippen molar-refractivity contribution in [3.05, 3.63) is 57.8 Å². The summed E-state index contributed by atoms with van der Waals surface area (Å²) in [6.45, 7) is 2.73. The lowest BCUT2D eigenvalue weighted by molar-refractivity contribution is 0.0702. The summed E-state index contributed by atoms with van der Waals surface area (Å²) in [6.07, 6.45) is 0. The molecule has 3 rings (SSSR count). The van der Waals surface area contributed by atoms with E-state index in [9.17, 15) is 18.0 Å². The average molecular weight is 393 g/mol. The van der Waals surface area contributed by atoms with Gasteiger partial charge in [-0.3, -0.25) is 9.59 Å². The van der Waals surface area contributed by atoms with Crippen LogP contribution in [0.3, 0.4) is 0 Å². The van der Waals surface area contributed by atoms with Crippen molar-refractivity contribution in [2.75, 3.05) is 26.2 Å². The first-order valence-electron chi connectivity index (χ1n) is 8.28. The number of piperazine rings is 1. The van der Waals surface area contributed by atoms with Gasteiger partial charge in [0, 0.05) is 26.2 Å². The molecular weight excluding hydrogens is 372 g/mol. The van der Waals surface area contributed by atoms with Crippen LogP contribution in [0.25, 0.3) is 0 Å². The third-order valence-corrected chi connectivity index (χ3v) is 7.30. The first kappa shape index (κ1) is 18.8. The number of hydrogen-bond acceptors (Lipinski definition) is 5. The molecule has 0 spiro atoms. The Kier molecular flexibility index (Phi) is 5.55. The normalized spacial score (nSPS) is 15.8. The van der Waals surface area contributed by atoms with Gasteiger partial charge in [-0.2, -0.15) is 4.31 Å². The highest BCUT2D eigenvalue weighted by atomic mass is 32.2. The Morgan fingerprint density at radius 1 is 0.962 bits per heavy atom. The molecule has 1 aliphatic rings. The van der Waals surface area contributed by atoms with Crippen LogP contribution < -0.4 is 0 Å². The van der Waals surface area contributed by atoms with Crippen LogP contribution in [0.5, 0.6) is 0 Å². The fourth-order valence-electron chi connectivity index (χ4n) is 2.84. The molecule has 1 fully saturated rings. The average Bonchev–Trinajstić information content (AvgIpc) is 3.12. The minimum atomic E-state index is -3.40. The second-order valence-electron chi connectivity index (χ2n) is 6.15. The molecule has 1 aliphatic heterocycles. The van der Waals surface area contributed by atoms with E-state index in [1.165, 1.54) is 22.6 Å². The van der Waals surface area contributed by atoms with Crippen LogP contribution in [-0.2, 0) is 15.8 Å². The Morgan fingerprint density at radius 2 is 1.58 bits per heavy atom. The maximum absolute atomic E-state index is 12.6. The number of benzene rings is 1. The summed E-state index contributed by atoms with van der Waals surface area (Å²) in [7, 11) is -3.40. The van der Waals surface area contributed by atoms with Crippen molar-refractivity contribution < 1.29 is 18.0 Å². The van der Waals surface area contributed by atoms with Crippen LogP contribution in [0.2, 0.25) is 0 Å². The SMILES string of the molecule is CC(=O)c1ccc(C(=O)N2CCN(S(=O)(=O)Cc3ccccc3)CC2)s1. The fourth-order valence-corrected chi connectivity index (χ4v) is 5.23. The summed E-state index contributed by atoms with van der Waals surface area (Å²) >= 11 is 1.18. The quantitative estimate of drug-likeness (QED) is 0.732. The number of amides is 1. The molecule has 1 aromatic heterocycles. The summed E-state index contributed by atoms with van der Waals surface area (Å²) in [5, 5.41) is 0. The maximum atomic E-state index is 12.6. The van der Waals surface area contributed by atoms with E-state index >= 15 is 0 Å². The monoisotopic (exact) mass is 392 g/mol. The van der Waals surface area contributed by atoms with Crippen LogP contribution in [0.4, 0.5) is 0 Å². The van der Waals surface area contributed by atoms with E-state index in [0.717, 1.165) is 5.56 Å². The minimum Gasteiger partial charge on any atom is -0.335 e. The number of nitrogens with zero attached hydrogens (tertiary/aromatic N) is 2. The zero-order chi connectivity index (χ0) is 18.7. The van der Waals surface area contributed by atoms with E-state index in [1.807, 2.05) is 18.2 Å². The third-order valence-electron chi connectivity index (χ3n) is 4.27. The molecule has 0 N–H and O–H groups in total. The Hall–Kier alpha value is -2.03.